The Balaban J connectivity index is 1.82. The molecule has 0 aliphatic heterocycles. The standard InChI is InChI=1S/C18H19F2N3OS2/c1-11-4-3-5-12(2)16(11)23-15(24)10-21-18(25)22-13-6-8-14(9-7-13)26-17(19)20/h3-9,17H,10H2,1-2H3,(H,23,24)(H2,21,22,25). The van der Waals surface area contributed by atoms with Gasteiger partial charge in [0.15, 0.2) is 5.11 Å². The second-order valence-corrected chi connectivity index (χ2v) is 7.00. The highest BCUT2D eigenvalue weighted by Crippen LogP contribution is 2.26. The Hall–Kier alpha value is -2.19. The van der Waals surface area contributed by atoms with E-state index >= 15 is 0 Å². The molecule has 2 aromatic carbocycles. The lowest BCUT2D eigenvalue weighted by atomic mass is 10.1. The molecule has 0 fully saturated rings. The fourth-order valence-electron chi connectivity index (χ4n) is 2.25. The van der Waals surface area contributed by atoms with Crippen molar-refractivity contribution in [3.05, 3.63) is 53.6 Å². The minimum absolute atomic E-state index is 0.0128. The third-order valence-corrected chi connectivity index (χ3v) is 4.46. The van der Waals surface area contributed by atoms with Gasteiger partial charge in [0.1, 0.15) is 0 Å². The molecule has 0 radical (unpaired) electrons. The number of carbonyl (C=O) groups is 1. The number of hydrogen-bond acceptors (Lipinski definition) is 3. The van der Waals surface area contributed by atoms with Crippen molar-refractivity contribution in [2.24, 2.45) is 0 Å². The zero-order valence-corrected chi connectivity index (χ0v) is 15.9. The zero-order valence-electron chi connectivity index (χ0n) is 14.3. The summed E-state index contributed by atoms with van der Waals surface area (Å²) >= 11 is 5.63. The summed E-state index contributed by atoms with van der Waals surface area (Å²) in [6.45, 7) is 3.87. The number of halogens is 2. The third-order valence-electron chi connectivity index (χ3n) is 3.49. The van der Waals surface area contributed by atoms with Crippen molar-refractivity contribution in [2.75, 3.05) is 17.2 Å². The molecular formula is C18H19F2N3OS2. The average molecular weight is 396 g/mol. The van der Waals surface area contributed by atoms with Crippen LogP contribution in [0.25, 0.3) is 0 Å². The molecule has 8 heteroatoms. The Morgan fingerprint density at radius 1 is 1.08 bits per heavy atom. The molecule has 26 heavy (non-hydrogen) atoms. The molecule has 0 saturated carbocycles. The van der Waals surface area contributed by atoms with Crippen LogP contribution in [0.5, 0.6) is 0 Å². The summed E-state index contributed by atoms with van der Waals surface area (Å²) in [4.78, 5) is 12.6. The number of carbonyl (C=O) groups excluding carboxylic acids is 1. The summed E-state index contributed by atoms with van der Waals surface area (Å²) in [6, 6.07) is 12.2. The van der Waals surface area contributed by atoms with Crippen LogP contribution in [-0.2, 0) is 4.79 Å². The number of aryl methyl sites for hydroxylation is 2. The van der Waals surface area contributed by atoms with E-state index in [1.165, 1.54) is 0 Å². The van der Waals surface area contributed by atoms with Gasteiger partial charge >= 0.3 is 0 Å². The van der Waals surface area contributed by atoms with E-state index in [0.717, 1.165) is 16.8 Å². The van der Waals surface area contributed by atoms with E-state index in [1.807, 2.05) is 32.0 Å². The van der Waals surface area contributed by atoms with Crippen LogP contribution in [0.1, 0.15) is 11.1 Å². The fourth-order valence-corrected chi connectivity index (χ4v) is 2.94. The summed E-state index contributed by atoms with van der Waals surface area (Å²) < 4.78 is 24.6. The lowest BCUT2D eigenvalue weighted by Crippen LogP contribution is -2.35. The first kappa shape index (κ1) is 20.1. The number of rotatable bonds is 6. The molecule has 0 atom stereocenters. The number of thioether (sulfide) groups is 1. The molecule has 0 unspecified atom stereocenters. The van der Waals surface area contributed by atoms with Gasteiger partial charge in [-0.25, -0.2) is 0 Å². The second-order valence-electron chi connectivity index (χ2n) is 5.53. The number of para-hydroxylation sites is 1. The summed E-state index contributed by atoms with van der Waals surface area (Å²) in [6.07, 6.45) is 0. The Bertz CT molecular complexity index is 762. The first-order valence-electron chi connectivity index (χ1n) is 7.81. The molecule has 0 saturated heterocycles. The predicted octanol–water partition coefficient (Wildman–Crippen LogP) is 4.54. The van der Waals surface area contributed by atoms with Crippen LogP contribution in [0.15, 0.2) is 47.4 Å². The molecule has 0 heterocycles. The first-order valence-corrected chi connectivity index (χ1v) is 9.09. The van der Waals surface area contributed by atoms with Crippen LogP contribution in [0.2, 0.25) is 0 Å². The predicted molar refractivity (Wildman–Crippen MR) is 107 cm³/mol. The second kappa shape index (κ2) is 9.49. The molecule has 0 aliphatic rings. The van der Waals surface area contributed by atoms with Crippen LogP contribution >= 0.6 is 24.0 Å². The molecule has 2 rings (SSSR count). The minimum Gasteiger partial charge on any atom is -0.353 e. The molecule has 4 nitrogen and oxygen atoms in total. The maximum absolute atomic E-state index is 12.3. The topological polar surface area (TPSA) is 53.2 Å². The van der Waals surface area contributed by atoms with Crippen molar-refractivity contribution in [1.82, 2.24) is 5.32 Å². The van der Waals surface area contributed by atoms with Crippen molar-refractivity contribution in [1.29, 1.82) is 0 Å². The van der Waals surface area contributed by atoms with Gasteiger partial charge in [-0.15, -0.1) is 0 Å². The smallest absolute Gasteiger partial charge is 0.288 e. The summed E-state index contributed by atoms with van der Waals surface area (Å²) in [5, 5.41) is 8.86. The quantitative estimate of drug-likeness (QED) is 0.495. The van der Waals surface area contributed by atoms with Gasteiger partial charge in [0.25, 0.3) is 5.76 Å². The Kier molecular flexibility index (Phi) is 7.35. The van der Waals surface area contributed by atoms with Crippen LogP contribution < -0.4 is 16.0 Å². The van der Waals surface area contributed by atoms with Crippen molar-refractivity contribution < 1.29 is 13.6 Å². The molecule has 0 aliphatic carbocycles. The van der Waals surface area contributed by atoms with Gasteiger partial charge in [-0.05, 0) is 61.5 Å². The molecule has 2 aromatic rings. The number of anilines is 2. The van der Waals surface area contributed by atoms with E-state index in [0.29, 0.717) is 22.3 Å². The van der Waals surface area contributed by atoms with Crippen molar-refractivity contribution in [3.8, 4) is 0 Å². The van der Waals surface area contributed by atoms with Crippen molar-refractivity contribution >= 4 is 46.4 Å². The lowest BCUT2D eigenvalue weighted by molar-refractivity contribution is -0.115. The maximum Gasteiger partial charge on any atom is 0.288 e. The molecular weight excluding hydrogens is 376 g/mol. The number of amides is 1. The van der Waals surface area contributed by atoms with Gasteiger partial charge < -0.3 is 16.0 Å². The Labute approximate surface area is 160 Å². The van der Waals surface area contributed by atoms with Crippen LogP contribution in [0.4, 0.5) is 20.2 Å². The average Bonchev–Trinajstić information content (AvgIpc) is 2.58. The lowest BCUT2D eigenvalue weighted by Gasteiger charge is -2.13. The number of thiocarbonyl (C=S) groups is 1. The third kappa shape index (κ3) is 6.27. The molecule has 0 spiro atoms. The van der Waals surface area contributed by atoms with E-state index in [9.17, 15) is 13.6 Å². The zero-order chi connectivity index (χ0) is 19.1. The summed E-state index contributed by atoms with van der Waals surface area (Å²) in [5.41, 5.74) is 3.42. The molecule has 1 amide bonds. The van der Waals surface area contributed by atoms with Gasteiger partial charge in [0, 0.05) is 16.3 Å². The first-order chi connectivity index (χ1) is 12.3. The van der Waals surface area contributed by atoms with Gasteiger partial charge in [-0.2, -0.15) is 8.78 Å². The highest BCUT2D eigenvalue weighted by atomic mass is 32.2. The molecule has 0 aromatic heterocycles. The summed E-state index contributed by atoms with van der Waals surface area (Å²) in [7, 11) is 0. The van der Waals surface area contributed by atoms with Crippen LogP contribution in [0.3, 0.4) is 0 Å². The van der Waals surface area contributed by atoms with E-state index < -0.39 is 5.76 Å². The fraction of sp³-hybridized carbons (Fsp3) is 0.222. The molecule has 138 valence electrons. The normalized spacial score (nSPS) is 10.5. The van der Waals surface area contributed by atoms with Gasteiger partial charge in [-0.1, -0.05) is 30.0 Å². The monoisotopic (exact) mass is 395 g/mol. The summed E-state index contributed by atoms with van der Waals surface area (Å²) in [5.74, 6) is -2.66. The Morgan fingerprint density at radius 2 is 1.69 bits per heavy atom. The van der Waals surface area contributed by atoms with E-state index in [1.54, 1.807) is 24.3 Å². The number of nitrogens with one attached hydrogen (secondary N) is 3. The highest BCUT2D eigenvalue weighted by molar-refractivity contribution is 7.99. The number of alkyl halides is 2. The van der Waals surface area contributed by atoms with Gasteiger partial charge in [0.2, 0.25) is 5.91 Å². The SMILES string of the molecule is Cc1cccc(C)c1NC(=O)CNC(=S)Nc1ccc(SC(F)F)cc1. The minimum atomic E-state index is -2.45. The van der Waals surface area contributed by atoms with Gasteiger partial charge in [-0.3, -0.25) is 4.79 Å². The van der Waals surface area contributed by atoms with E-state index in [2.05, 4.69) is 16.0 Å². The maximum atomic E-state index is 12.3. The largest absolute Gasteiger partial charge is 0.353 e. The van der Waals surface area contributed by atoms with E-state index in [4.69, 9.17) is 12.2 Å². The van der Waals surface area contributed by atoms with Crippen LogP contribution in [-0.4, -0.2) is 23.3 Å². The van der Waals surface area contributed by atoms with Crippen LogP contribution in [0, 0.1) is 13.8 Å². The Morgan fingerprint density at radius 3 is 2.27 bits per heavy atom. The molecule has 3 N–H and O–H groups in total. The van der Waals surface area contributed by atoms with E-state index in [-0.39, 0.29) is 17.6 Å². The van der Waals surface area contributed by atoms with Gasteiger partial charge in [0.05, 0.1) is 6.54 Å². The number of hydrogen-bond donors (Lipinski definition) is 3. The highest BCUT2D eigenvalue weighted by Gasteiger charge is 2.08. The van der Waals surface area contributed by atoms with Crippen molar-refractivity contribution in [2.45, 2.75) is 24.5 Å². The molecule has 0 bridgehead atoms. The van der Waals surface area contributed by atoms with Crippen molar-refractivity contribution in [3.63, 3.8) is 0 Å². The number of benzene rings is 2.